The largest absolute Gasteiger partial charge is 0.486 e. The van der Waals surface area contributed by atoms with E-state index in [4.69, 9.17) is 4.74 Å². The van der Waals surface area contributed by atoms with Gasteiger partial charge in [-0.25, -0.2) is 4.39 Å². The Balaban J connectivity index is 0.00000392. The predicted octanol–water partition coefficient (Wildman–Crippen LogP) is 4.18. The Morgan fingerprint density at radius 2 is 1.82 bits per heavy atom. The van der Waals surface area contributed by atoms with Crippen LogP contribution in [0.25, 0.3) is 0 Å². The maximum atomic E-state index is 13.6. The highest BCUT2D eigenvalue weighted by Crippen LogP contribution is 2.17. The van der Waals surface area contributed by atoms with Gasteiger partial charge in [0.25, 0.3) is 0 Å². The summed E-state index contributed by atoms with van der Waals surface area (Å²) in [5, 5.41) is 6.13. The number of hydrogen-bond donors (Lipinski definition) is 2. The molecule has 0 aliphatic heterocycles. The number of ether oxygens (including phenoxy) is 2. The van der Waals surface area contributed by atoms with Crippen LogP contribution in [0.4, 0.5) is 13.2 Å². The van der Waals surface area contributed by atoms with E-state index in [1.165, 1.54) is 18.2 Å². The molecule has 0 saturated carbocycles. The van der Waals surface area contributed by atoms with Gasteiger partial charge in [-0.2, -0.15) is 8.78 Å². The van der Waals surface area contributed by atoms with Crippen molar-refractivity contribution in [2.45, 2.75) is 26.2 Å². The van der Waals surface area contributed by atoms with Gasteiger partial charge in [-0.15, -0.1) is 24.0 Å². The molecule has 0 radical (unpaired) electrons. The first kappa shape index (κ1) is 23.9. The second-order valence-electron chi connectivity index (χ2n) is 5.69. The summed E-state index contributed by atoms with van der Waals surface area (Å²) in [6, 6.07) is 12.6. The topological polar surface area (TPSA) is 54.9 Å². The Labute approximate surface area is 179 Å². The molecule has 154 valence electrons. The summed E-state index contributed by atoms with van der Waals surface area (Å²) in [5.74, 6) is 0.363. The third-order valence-electron chi connectivity index (χ3n) is 3.53. The van der Waals surface area contributed by atoms with Crippen molar-refractivity contribution >= 4 is 29.9 Å². The highest BCUT2D eigenvalue weighted by atomic mass is 127. The molecule has 2 aromatic carbocycles. The number of para-hydroxylation sites is 1. The van der Waals surface area contributed by atoms with E-state index >= 15 is 0 Å². The number of halogens is 4. The molecule has 9 heteroatoms. The van der Waals surface area contributed by atoms with Crippen LogP contribution < -0.4 is 20.1 Å². The van der Waals surface area contributed by atoms with Gasteiger partial charge in [-0.1, -0.05) is 24.3 Å². The fourth-order valence-electron chi connectivity index (χ4n) is 2.28. The average Bonchev–Trinajstić information content (AvgIpc) is 2.63. The lowest BCUT2D eigenvalue weighted by molar-refractivity contribution is -0.0498. The number of rotatable bonds is 8. The lowest BCUT2D eigenvalue weighted by Crippen LogP contribution is -2.41. The Morgan fingerprint density at radius 1 is 1.07 bits per heavy atom. The second-order valence-corrected chi connectivity index (χ2v) is 5.69. The number of nitrogens with one attached hydrogen (secondary N) is 2. The molecule has 2 N–H and O–H groups in total. The molecule has 1 atom stereocenters. The van der Waals surface area contributed by atoms with Gasteiger partial charge in [0.15, 0.2) is 17.5 Å². The first-order valence-corrected chi connectivity index (χ1v) is 8.37. The van der Waals surface area contributed by atoms with Crippen LogP contribution in [0.5, 0.6) is 11.5 Å². The van der Waals surface area contributed by atoms with E-state index in [0.717, 1.165) is 5.56 Å². The van der Waals surface area contributed by atoms with Crippen LogP contribution >= 0.6 is 24.0 Å². The number of alkyl halides is 2. The Morgan fingerprint density at radius 3 is 2.50 bits per heavy atom. The van der Waals surface area contributed by atoms with Crippen LogP contribution in [0.15, 0.2) is 53.5 Å². The molecule has 0 amide bonds. The normalized spacial score (nSPS) is 12.1. The second kappa shape index (κ2) is 12.3. The summed E-state index contributed by atoms with van der Waals surface area (Å²) < 4.78 is 48.1. The van der Waals surface area contributed by atoms with Crippen molar-refractivity contribution in [1.82, 2.24) is 10.6 Å². The Bertz CT molecular complexity index is 763. The first-order valence-electron chi connectivity index (χ1n) is 8.37. The molecule has 0 spiro atoms. The van der Waals surface area contributed by atoms with Crippen LogP contribution in [-0.2, 0) is 6.54 Å². The lowest BCUT2D eigenvalue weighted by atomic mass is 10.2. The Hall–Kier alpha value is -2.17. The summed E-state index contributed by atoms with van der Waals surface area (Å²) in [7, 11) is 1.61. The molecular formula is C19H23F3IN3O2. The summed E-state index contributed by atoms with van der Waals surface area (Å²) in [5.41, 5.74) is 0.756. The van der Waals surface area contributed by atoms with Crippen molar-refractivity contribution in [2.75, 3.05) is 13.6 Å². The van der Waals surface area contributed by atoms with E-state index < -0.39 is 12.4 Å². The van der Waals surface area contributed by atoms with Crippen molar-refractivity contribution in [1.29, 1.82) is 0 Å². The van der Waals surface area contributed by atoms with Crippen LogP contribution in [0.3, 0.4) is 0 Å². The molecule has 0 fully saturated rings. The highest BCUT2D eigenvalue weighted by molar-refractivity contribution is 14.0. The van der Waals surface area contributed by atoms with Crippen molar-refractivity contribution < 1.29 is 22.6 Å². The van der Waals surface area contributed by atoms with E-state index in [-0.39, 0.29) is 41.6 Å². The minimum absolute atomic E-state index is 0. The molecule has 0 heterocycles. The van der Waals surface area contributed by atoms with Gasteiger partial charge in [0.2, 0.25) is 0 Å². The molecule has 2 rings (SSSR count). The molecular weight excluding hydrogens is 486 g/mol. The summed E-state index contributed by atoms with van der Waals surface area (Å²) in [4.78, 5) is 4.08. The van der Waals surface area contributed by atoms with Crippen LogP contribution in [0, 0.1) is 5.82 Å². The van der Waals surface area contributed by atoms with Gasteiger partial charge in [0.1, 0.15) is 11.9 Å². The Kier molecular flexibility index (Phi) is 10.5. The third-order valence-corrected chi connectivity index (χ3v) is 3.53. The predicted molar refractivity (Wildman–Crippen MR) is 113 cm³/mol. The highest BCUT2D eigenvalue weighted by Gasteiger charge is 2.09. The van der Waals surface area contributed by atoms with Crippen LogP contribution in [0.1, 0.15) is 12.5 Å². The first-order chi connectivity index (χ1) is 13.0. The fraction of sp³-hybridized carbons (Fsp3) is 0.316. The third kappa shape index (κ3) is 8.24. The maximum Gasteiger partial charge on any atom is 0.387 e. The van der Waals surface area contributed by atoms with Gasteiger partial charge < -0.3 is 20.1 Å². The monoisotopic (exact) mass is 509 g/mol. The number of aliphatic imine (C=N–C) groups is 1. The van der Waals surface area contributed by atoms with E-state index in [0.29, 0.717) is 19.0 Å². The van der Waals surface area contributed by atoms with Crippen LogP contribution in [0.2, 0.25) is 0 Å². The number of guanidine groups is 1. The number of benzene rings is 2. The van der Waals surface area contributed by atoms with Crippen molar-refractivity contribution in [3.05, 3.63) is 59.9 Å². The maximum absolute atomic E-state index is 13.6. The van der Waals surface area contributed by atoms with E-state index in [2.05, 4.69) is 20.4 Å². The molecule has 0 aliphatic rings. The van der Waals surface area contributed by atoms with E-state index in [9.17, 15) is 13.2 Å². The van der Waals surface area contributed by atoms with E-state index in [1.807, 2.05) is 0 Å². The van der Waals surface area contributed by atoms with E-state index in [1.54, 1.807) is 44.3 Å². The lowest BCUT2D eigenvalue weighted by Gasteiger charge is -2.18. The molecule has 0 aromatic heterocycles. The number of nitrogens with zero attached hydrogens (tertiary/aromatic N) is 1. The molecule has 0 saturated heterocycles. The average molecular weight is 509 g/mol. The molecule has 28 heavy (non-hydrogen) atoms. The van der Waals surface area contributed by atoms with Gasteiger partial charge in [-0.05, 0) is 36.8 Å². The van der Waals surface area contributed by atoms with Gasteiger partial charge in [0.05, 0.1) is 6.54 Å². The number of hydrogen-bond acceptors (Lipinski definition) is 3. The van der Waals surface area contributed by atoms with Gasteiger partial charge in [0, 0.05) is 13.6 Å². The molecule has 0 bridgehead atoms. The van der Waals surface area contributed by atoms with Crippen molar-refractivity contribution in [3.63, 3.8) is 0 Å². The zero-order chi connectivity index (χ0) is 19.6. The summed E-state index contributed by atoms with van der Waals surface area (Å²) >= 11 is 0. The van der Waals surface area contributed by atoms with Gasteiger partial charge in [-0.3, -0.25) is 4.99 Å². The zero-order valence-corrected chi connectivity index (χ0v) is 17.8. The van der Waals surface area contributed by atoms with Crippen molar-refractivity contribution in [3.8, 4) is 11.5 Å². The van der Waals surface area contributed by atoms with Crippen LogP contribution in [-0.4, -0.2) is 32.3 Å². The summed E-state index contributed by atoms with van der Waals surface area (Å²) in [6.07, 6.45) is -0.303. The molecule has 2 aromatic rings. The SMILES string of the molecule is CN=C(NCc1cccc(OC(F)F)c1)NCC(C)Oc1ccccc1F.I. The minimum atomic E-state index is -2.86. The van der Waals surface area contributed by atoms with Crippen molar-refractivity contribution in [2.24, 2.45) is 4.99 Å². The standard InChI is InChI=1S/C19H22F3N3O2.HI/c1-13(26-17-9-4-3-8-16(17)20)11-24-19(23-2)25-12-14-6-5-7-15(10-14)27-18(21)22;/h3-10,13,18H,11-12H2,1-2H3,(H2,23,24,25);1H. The fourth-order valence-corrected chi connectivity index (χ4v) is 2.28. The van der Waals surface area contributed by atoms with Gasteiger partial charge >= 0.3 is 6.61 Å². The molecule has 5 nitrogen and oxygen atoms in total. The smallest absolute Gasteiger partial charge is 0.387 e. The molecule has 1 unspecified atom stereocenters. The minimum Gasteiger partial charge on any atom is -0.486 e. The zero-order valence-electron chi connectivity index (χ0n) is 15.5. The summed E-state index contributed by atoms with van der Waals surface area (Å²) in [6.45, 7) is -0.304. The molecule has 0 aliphatic carbocycles. The quantitative estimate of drug-likeness (QED) is 0.319.